The summed E-state index contributed by atoms with van der Waals surface area (Å²) in [6.07, 6.45) is 0. The summed E-state index contributed by atoms with van der Waals surface area (Å²) in [6.45, 7) is 0. The van der Waals surface area contributed by atoms with Crippen molar-refractivity contribution in [3.8, 4) is 11.8 Å². The molecule has 0 N–H and O–H groups in total. The number of hydrogen-bond acceptors (Lipinski definition) is 4. The molecule has 0 radical (unpaired) electrons. The fourth-order valence-corrected chi connectivity index (χ4v) is 3.99. The van der Waals surface area contributed by atoms with Crippen LogP contribution in [0.2, 0.25) is 0 Å². The fourth-order valence-electron chi connectivity index (χ4n) is 1.59. The van der Waals surface area contributed by atoms with Gasteiger partial charge >= 0.3 is 0 Å². The quantitative estimate of drug-likeness (QED) is 0.737. The van der Waals surface area contributed by atoms with E-state index in [9.17, 15) is 8.42 Å². The molecule has 2 rings (SSSR count). The highest BCUT2D eigenvalue weighted by Crippen LogP contribution is 2.35. The van der Waals surface area contributed by atoms with Crippen LogP contribution in [0.3, 0.4) is 0 Å². The van der Waals surface area contributed by atoms with E-state index < -0.39 is 15.8 Å². The third-order valence-corrected chi connectivity index (χ3v) is 5.18. The monoisotopic (exact) mass is 429 g/mol. The van der Waals surface area contributed by atoms with Crippen molar-refractivity contribution in [2.75, 3.05) is 5.94 Å². The summed E-state index contributed by atoms with van der Waals surface area (Å²) in [4.78, 5) is 0.200. The number of nitrogens with zero attached hydrogens (tertiary/aromatic N) is 1. The van der Waals surface area contributed by atoms with E-state index in [0.717, 1.165) is 0 Å². The van der Waals surface area contributed by atoms with Crippen LogP contribution in [-0.4, -0.2) is 14.4 Å². The molecule has 0 aliphatic heterocycles. The number of sulfone groups is 1. The molecule has 0 atom stereocenters. The van der Waals surface area contributed by atoms with Gasteiger partial charge in [-0.1, -0.05) is 18.2 Å². The molecule has 21 heavy (non-hydrogen) atoms. The molecule has 2 aromatic rings. The average molecular weight is 431 g/mol. The van der Waals surface area contributed by atoms with Crippen LogP contribution in [0.1, 0.15) is 5.56 Å². The molecule has 108 valence electrons. The maximum absolute atomic E-state index is 12.1. The third-order valence-electron chi connectivity index (χ3n) is 2.59. The Labute approximate surface area is 139 Å². The van der Waals surface area contributed by atoms with Crippen molar-refractivity contribution in [3.05, 3.63) is 57.0 Å². The van der Waals surface area contributed by atoms with Crippen molar-refractivity contribution in [2.45, 2.75) is 4.90 Å². The zero-order chi connectivity index (χ0) is 15.5. The summed E-state index contributed by atoms with van der Waals surface area (Å²) in [6, 6.07) is 13.2. The second kappa shape index (κ2) is 6.60. The summed E-state index contributed by atoms with van der Waals surface area (Å²) < 4.78 is 30.7. The Morgan fingerprint density at radius 1 is 1.10 bits per heavy atom. The first-order valence-electron chi connectivity index (χ1n) is 5.74. The Bertz CT molecular complexity index is 776. The van der Waals surface area contributed by atoms with Gasteiger partial charge in [-0.05, 0) is 56.1 Å². The van der Waals surface area contributed by atoms with Crippen LogP contribution in [0.15, 0.2) is 56.3 Å². The minimum Gasteiger partial charge on any atom is -0.475 e. The molecule has 0 aromatic heterocycles. The van der Waals surface area contributed by atoms with Crippen LogP contribution in [0.4, 0.5) is 0 Å². The van der Waals surface area contributed by atoms with Gasteiger partial charge in [-0.15, -0.1) is 0 Å². The highest BCUT2D eigenvalue weighted by Gasteiger charge is 2.17. The lowest BCUT2D eigenvalue weighted by molar-refractivity contribution is 0.372. The first kappa shape index (κ1) is 16.0. The Balaban J connectivity index is 2.23. The second-order valence-electron chi connectivity index (χ2n) is 4.07. The predicted molar refractivity (Wildman–Crippen MR) is 85.7 cm³/mol. The van der Waals surface area contributed by atoms with Crippen molar-refractivity contribution in [1.29, 1.82) is 5.26 Å². The lowest BCUT2D eigenvalue weighted by atomic mass is 10.2. The topological polar surface area (TPSA) is 67.2 Å². The van der Waals surface area contributed by atoms with E-state index in [1.807, 2.05) is 6.07 Å². The first-order valence-corrected chi connectivity index (χ1v) is 8.97. The molecule has 0 saturated heterocycles. The van der Waals surface area contributed by atoms with Gasteiger partial charge in [-0.2, -0.15) is 5.26 Å². The molecular formula is C14H9Br2NO3S. The van der Waals surface area contributed by atoms with Crippen LogP contribution in [0, 0.1) is 11.3 Å². The SMILES string of the molecule is N#Cc1cc(Br)c(OCS(=O)(=O)c2ccccc2)c(Br)c1. The van der Waals surface area contributed by atoms with Gasteiger partial charge in [0, 0.05) is 0 Å². The summed E-state index contributed by atoms with van der Waals surface area (Å²) in [5.41, 5.74) is 0.437. The Kier molecular flexibility index (Phi) is 5.04. The maximum Gasteiger partial charge on any atom is 0.213 e. The predicted octanol–water partition coefficient (Wildman–Crippen LogP) is 3.89. The number of halogens is 2. The molecule has 0 fully saturated rings. The molecular weight excluding hydrogens is 422 g/mol. The van der Waals surface area contributed by atoms with Crippen LogP contribution in [0.25, 0.3) is 0 Å². The van der Waals surface area contributed by atoms with E-state index in [1.54, 1.807) is 30.3 Å². The normalized spacial score (nSPS) is 10.9. The molecule has 0 saturated carbocycles. The molecule has 0 spiro atoms. The Morgan fingerprint density at radius 3 is 2.19 bits per heavy atom. The lowest BCUT2D eigenvalue weighted by Gasteiger charge is -2.11. The van der Waals surface area contributed by atoms with Gasteiger partial charge in [0.15, 0.2) is 5.94 Å². The van der Waals surface area contributed by atoms with Gasteiger partial charge in [0.05, 0.1) is 25.5 Å². The third kappa shape index (κ3) is 3.84. The largest absolute Gasteiger partial charge is 0.475 e. The van der Waals surface area contributed by atoms with Gasteiger partial charge < -0.3 is 4.74 Å². The molecule has 0 heterocycles. The number of ether oxygens (including phenoxy) is 1. The van der Waals surface area contributed by atoms with Crippen molar-refractivity contribution in [3.63, 3.8) is 0 Å². The Hall–Kier alpha value is -1.36. The lowest BCUT2D eigenvalue weighted by Crippen LogP contribution is -2.13. The molecule has 7 heteroatoms. The van der Waals surface area contributed by atoms with Crippen LogP contribution in [0.5, 0.6) is 5.75 Å². The average Bonchev–Trinajstić information content (AvgIpc) is 2.47. The van der Waals surface area contributed by atoms with E-state index >= 15 is 0 Å². The first-order chi connectivity index (χ1) is 9.94. The van der Waals surface area contributed by atoms with Crippen LogP contribution in [-0.2, 0) is 9.84 Å². The number of nitriles is 1. The van der Waals surface area contributed by atoms with Crippen molar-refractivity contribution in [1.82, 2.24) is 0 Å². The minimum atomic E-state index is -3.54. The molecule has 0 aliphatic rings. The van der Waals surface area contributed by atoms with E-state index in [0.29, 0.717) is 20.3 Å². The molecule has 0 unspecified atom stereocenters. The summed E-state index contributed by atoms with van der Waals surface area (Å²) in [7, 11) is -3.54. The van der Waals surface area contributed by atoms with Gasteiger partial charge in [0.25, 0.3) is 0 Å². The zero-order valence-corrected chi connectivity index (χ0v) is 14.6. The second-order valence-corrected chi connectivity index (χ2v) is 7.72. The van der Waals surface area contributed by atoms with Gasteiger partial charge in [-0.25, -0.2) is 8.42 Å². The highest BCUT2D eigenvalue weighted by molar-refractivity contribution is 9.11. The summed E-state index contributed by atoms with van der Waals surface area (Å²) >= 11 is 6.52. The zero-order valence-electron chi connectivity index (χ0n) is 10.6. The van der Waals surface area contributed by atoms with E-state index in [1.165, 1.54) is 12.1 Å². The van der Waals surface area contributed by atoms with Crippen LogP contribution < -0.4 is 4.74 Å². The minimum absolute atomic E-state index is 0.200. The Morgan fingerprint density at radius 2 is 1.67 bits per heavy atom. The van der Waals surface area contributed by atoms with Crippen molar-refractivity contribution < 1.29 is 13.2 Å². The van der Waals surface area contributed by atoms with E-state index in [-0.39, 0.29) is 4.90 Å². The van der Waals surface area contributed by atoms with E-state index in [2.05, 4.69) is 31.9 Å². The molecule has 4 nitrogen and oxygen atoms in total. The summed E-state index contributed by atoms with van der Waals surface area (Å²) in [5.74, 6) is -0.145. The number of hydrogen-bond donors (Lipinski definition) is 0. The summed E-state index contributed by atoms with van der Waals surface area (Å²) in [5, 5.41) is 8.86. The van der Waals surface area contributed by atoms with Gasteiger partial charge in [-0.3, -0.25) is 0 Å². The maximum atomic E-state index is 12.1. The van der Waals surface area contributed by atoms with E-state index in [4.69, 9.17) is 10.00 Å². The number of benzene rings is 2. The van der Waals surface area contributed by atoms with Gasteiger partial charge in [0.1, 0.15) is 5.75 Å². The standard InChI is InChI=1S/C14H9Br2NO3S/c15-12-6-10(8-17)7-13(16)14(12)20-9-21(18,19)11-4-2-1-3-5-11/h1-7H,9H2. The molecule has 2 aromatic carbocycles. The van der Waals surface area contributed by atoms with Crippen molar-refractivity contribution >= 4 is 41.7 Å². The highest BCUT2D eigenvalue weighted by atomic mass is 79.9. The van der Waals surface area contributed by atoms with Gasteiger partial charge in [0.2, 0.25) is 9.84 Å². The smallest absolute Gasteiger partial charge is 0.213 e. The number of rotatable bonds is 4. The van der Waals surface area contributed by atoms with Crippen LogP contribution >= 0.6 is 31.9 Å². The molecule has 0 aliphatic carbocycles. The fraction of sp³-hybridized carbons (Fsp3) is 0.0714. The molecule has 0 bridgehead atoms. The molecule has 0 amide bonds. The van der Waals surface area contributed by atoms with Crippen molar-refractivity contribution in [2.24, 2.45) is 0 Å².